The van der Waals surface area contributed by atoms with Gasteiger partial charge in [-0.25, -0.2) is 0 Å². The van der Waals surface area contributed by atoms with Crippen molar-refractivity contribution in [3.8, 4) is 0 Å². The Morgan fingerprint density at radius 2 is 2.10 bits per heavy atom. The minimum atomic E-state index is -0.660. The van der Waals surface area contributed by atoms with Crippen molar-refractivity contribution in [3.05, 3.63) is 0 Å². The summed E-state index contributed by atoms with van der Waals surface area (Å²) in [7, 11) is 0. The maximum absolute atomic E-state index is 10.7. The Morgan fingerprint density at radius 1 is 1.50 bits per heavy atom. The van der Waals surface area contributed by atoms with Gasteiger partial charge >= 0.3 is 0 Å². The zero-order valence-electron chi connectivity index (χ0n) is 5.59. The van der Waals surface area contributed by atoms with Gasteiger partial charge in [-0.2, -0.15) is 0 Å². The fourth-order valence-corrected chi connectivity index (χ4v) is 0.873. The SMILES string of the molecule is CC(=O)N1CCC(=O)C1=O. The molecule has 2 amide bonds. The fraction of sp³-hybridized carbons (Fsp3) is 0.500. The van der Waals surface area contributed by atoms with Crippen LogP contribution >= 0.6 is 0 Å². The van der Waals surface area contributed by atoms with Crippen molar-refractivity contribution in [1.29, 1.82) is 0 Å². The molecule has 1 heterocycles. The molecule has 54 valence electrons. The highest BCUT2D eigenvalue weighted by molar-refractivity contribution is 6.40. The Morgan fingerprint density at radius 3 is 2.30 bits per heavy atom. The van der Waals surface area contributed by atoms with Gasteiger partial charge in [0.25, 0.3) is 5.91 Å². The number of likely N-dealkylation sites (tertiary alicyclic amines) is 1. The van der Waals surface area contributed by atoms with Crippen LogP contribution in [0.2, 0.25) is 0 Å². The molecule has 0 radical (unpaired) electrons. The molecule has 0 spiro atoms. The van der Waals surface area contributed by atoms with Gasteiger partial charge in [0.05, 0.1) is 0 Å². The average Bonchev–Trinajstić information content (AvgIpc) is 2.14. The summed E-state index contributed by atoms with van der Waals surface area (Å²) in [6.07, 6.45) is 0.179. The molecule has 10 heavy (non-hydrogen) atoms. The summed E-state index contributed by atoms with van der Waals surface area (Å²) in [5, 5.41) is 0. The number of rotatable bonds is 0. The van der Waals surface area contributed by atoms with E-state index < -0.39 is 11.7 Å². The number of carbonyl (C=O) groups is 3. The predicted molar refractivity (Wildman–Crippen MR) is 32.0 cm³/mol. The first-order valence-corrected chi connectivity index (χ1v) is 2.98. The molecule has 0 unspecified atom stereocenters. The van der Waals surface area contributed by atoms with Crippen molar-refractivity contribution in [3.63, 3.8) is 0 Å². The first kappa shape index (κ1) is 6.92. The van der Waals surface area contributed by atoms with E-state index in [-0.39, 0.29) is 18.9 Å². The number of imide groups is 1. The van der Waals surface area contributed by atoms with Gasteiger partial charge in [-0.05, 0) is 0 Å². The summed E-state index contributed by atoms with van der Waals surface area (Å²) in [5.74, 6) is -1.47. The van der Waals surface area contributed by atoms with Crippen LogP contribution < -0.4 is 0 Å². The second-order valence-electron chi connectivity index (χ2n) is 2.15. The normalized spacial score (nSPS) is 18.3. The molecule has 0 bridgehead atoms. The minimum absolute atomic E-state index is 0.179. The maximum Gasteiger partial charge on any atom is 0.296 e. The lowest BCUT2D eigenvalue weighted by Crippen LogP contribution is -2.31. The van der Waals surface area contributed by atoms with Crippen LogP contribution in [0.3, 0.4) is 0 Å². The van der Waals surface area contributed by atoms with Gasteiger partial charge in [0.15, 0.2) is 0 Å². The third-order valence-corrected chi connectivity index (χ3v) is 1.43. The van der Waals surface area contributed by atoms with Gasteiger partial charge in [-0.15, -0.1) is 0 Å². The smallest absolute Gasteiger partial charge is 0.289 e. The fourth-order valence-electron chi connectivity index (χ4n) is 0.873. The first-order chi connectivity index (χ1) is 4.63. The Kier molecular flexibility index (Phi) is 1.53. The summed E-state index contributed by atoms with van der Waals surface area (Å²) in [5.41, 5.74) is 0. The van der Waals surface area contributed by atoms with Crippen LogP contribution in [0.4, 0.5) is 0 Å². The minimum Gasteiger partial charge on any atom is -0.289 e. The van der Waals surface area contributed by atoms with Crippen molar-refractivity contribution < 1.29 is 14.4 Å². The molecule has 0 N–H and O–H groups in total. The summed E-state index contributed by atoms with van der Waals surface area (Å²) in [6.45, 7) is 1.53. The third kappa shape index (κ3) is 0.920. The van der Waals surface area contributed by atoms with Gasteiger partial charge in [-0.1, -0.05) is 0 Å². The second-order valence-corrected chi connectivity index (χ2v) is 2.15. The molecular weight excluding hydrogens is 134 g/mol. The standard InChI is InChI=1S/C6H7NO3/c1-4(8)7-3-2-5(9)6(7)10/h2-3H2,1H3. The van der Waals surface area contributed by atoms with Crippen molar-refractivity contribution in [2.24, 2.45) is 0 Å². The Balaban J connectivity index is 2.76. The van der Waals surface area contributed by atoms with E-state index in [1.807, 2.05) is 0 Å². The molecule has 1 fully saturated rings. The highest BCUT2D eigenvalue weighted by Gasteiger charge is 2.31. The molecule has 4 nitrogen and oxygen atoms in total. The largest absolute Gasteiger partial charge is 0.296 e. The van der Waals surface area contributed by atoms with Crippen LogP contribution in [0.1, 0.15) is 13.3 Å². The van der Waals surface area contributed by atoms with Crippen molar-refractivity contribution in [1.82, 2.24) is 4.90 Å². The molecule has 1 rings (SSSR count). The molecule has 1 aliphatic rings. The molecule has 0 aliphatic carbocycles. The summed E-state index contributed by atoms with van der Waals surface area (Å²) in [4.78, 5) is 32.8. The van der Waals surface area contributed by atoms with E-state index in [0.29, 0.717) is 0 Å². The highest BCUT2D eigenvalue weighted by atomic mass is 16.2. The zero-order chi connectivity index (χ0) is 7.72. The second kappa shape index (κ2) is 2.21. The van der Waals surface area contributed by atoms with Gasteiger partial charge < -0.3 is 0 Å². The molecule has 0 atom stereocenters. The van der Waals surface area contributed by atoms with Gasteiger partial charge in [0.1, 0.15) is 0 Å². The van der Waals surface area contributed by atoms with Crippen LogP contribution in [0, 0.1) is 0 Å². The summed E-state index contributed by atoms with van der Waals surface area (Å²) >= 11 is 0. The van der Waals surface area contributed by atoms with E-state index >= 15 is 0 Å². The molecule has 1 saturated heterocycles. The van der Waals surface area contributed by atoms with Crippen molar-refractivity contribution in [2.75, 3.05) is 6.54 Å². The van der Waals surface area contributed by atoms with Gasteiger partial charge in [0, 0.05) is 19.9 Å². The van der Waals surface area contributed by atoms with E-state index in [1.54, 1.807) is 0 Å². The quantitative estimate of drug-likeness (QED) is 0.420. The lowest BCUT2D eigenvalue weighted by atomic mass is 10.3. The number of hydrogen-bond donors (Lipinski definition) is 0. The number of Topliss-reactive ketones (excluding diaryl/α,β-unsaturated/α-hetero) is 1. The number of amides is 2. The molecule has 0 aromatic carbocycles. The van der Waals surface area contributed by atoms with E-state index in [0.717, 1.165) is 4.90 Å². The van der Waals surface area contributed by atoms with Crippen LogP contribution in [0.25, 0.3) is 0 Å². The summed E-state index contributed by atoms with van der Waals surface area (Å²) in [6, 6.07) is 0. The number of ketones is 1. The van der Waals surface area contributed by atoms with Crippen LogP contribution in [0.15, 0.2) is 0 Å². The lowest BCUT2D eigenvalue weighted by molar-refractivity contribution is -0.146. The van der Waals surface area contributed by atoms with E-state index in [4.69, 9.17) is 0 Å². The van der Waals surface area contributed by atoms with Crippen LogP contribution in [-0.4, -0.2) is 29.0 Å². The average molecular weight is 141 g/mol. The predicted octanol–water partition coefficient (Wildman–Crippen LogP) is -0.666. The maximum atomic E-state index is 10.7. The monoisotopic (exact) mass is 141 g/mol. The Bertz CT molecular complexity index is 209. The molecule has 0 aromatic heterocycles. The highest BCUT2D eigenvalue weighted by Crippen LogP contribution is 2.05. The summed E-state index contributed by atoms with van der Waals surface area (Å²) < 4.78 is 0. The molecule has 1 aliphatic heterocycles. The van der Waals surface area contributed by atoms with Crippen LogP contribution in [-0.2, 0) is 14.4 Å². The van der Waals surface area contributed by atoms with E-state index in [9.17, 15) is 14.4 Å². The number of hydrogen-bond acceptors (Lipinski definition) is 3. The first-order valence-electron chi connectivity index (χ1n) is 2.98. The lowest BCUT2D eigenvalue weighted by Gasteiger charge is -2.06. The Labute approximate surface area is 57.8 Å². The van der Waals surface area contributed by atoms with Gasteiger partial charge in [0.2, 0.25) is 11.7 Å². The van der Waals surface area contributed by atoms with Gasteiger partial charge in [-0.3, -0.25) is 19.3 Å². The topological polar surface area (TPSA) is 54.5 Å². The molecule has 0 aromatic rings. The number of carbonyl (C=O) groups excluding carboxylic acids is 3. The van der Waals surface area contributed by atoms with E-state index in [1.165, 1.54) is 6.92 Å². The molecule has 0 saturated carbocycles. The number of nitrogens with zero attached hydrogens (tertiary/aromatic N) is 1. The molecule has 4 heteroatoms. The molecular formula is C6H7NO3. The van der Waals surface area contributed by atoms with E-state index in [2.05, 4.69) is 0 Å². The van der Waals surface area contributed by atoms with Crippen molar-refractivity contribution >= 4 is 17.6 Å². The third-order valence-electron chi connectivity index (χ3n) is 1.43. The van der Waals surface area contributed by atoms with Crippen LogP contribution in [0.5, 0.6) is 0 Å². The zero-order valence-corrected chi connectivity index (χ0v) is 5.59. The Hall–Kier alpha value is -1.19. The van der Waals surface area contributed by atoms with Crippen molar-refractivity contribution in [2.45, 2.75) is 13.3 Å².